The molecule has 0 amide bonds. The van der Waals surface area contributed by atoms with Gasteiger partial charge in [-0.1, -0.05) is 6.92 Å². The molecule has 1 N–H and O–H groups in total. The van der Waals surface area contributed by atoms with Gasteiger partial charge in [0, 0.05) is 0 Å². The van der Waals surface area contributed by atoms with Crippen molar-refractivity contribution in [1.82, 2.24) is 0 Å². The number of carbonyl (C=O) groups excluding carboxylic acids is 1. The molecule has 32 valence electrons. The summed E-state index contributed by atoms with van der Waals surface area (Å²) in [6.07, 6.45) is 2.19. The van der Waals surface area contributed by atoms with Crippen molar-refractivity contribution in [1.29, 1.82) is 0 Å². The zero-order valence-corrected chi connectivity index (χ0v) is 6.06. The van der Waals surface area contributed by atoms with Gasteiger partial charge in [0.15, 0.2) is 0 Å². The van der Waals surface area contributed by atoms with Crippen LogP contribution in [0.1, 0.15) is 13.3 Å². The van der Waals surface area contributed by atoms with Crippen molar-refractivity contribution in [3.63, 3.8) is 0 Å². The maximum Gasteiger partial charge on any atom is 1.00 e. The Labute approximate surface area is 59.5 Å². The minimum atomic E-state index is 0. The predicted molar refractivity (Wildman–Crippen MR) is 17.9 cm³/mol. The Kier molecular flexibility index (Phi) is 46.4. The van der Waals surface area contributed by atoms with Crippen LogP contribution >= 0.6 is 0 Å². The second-order valence-corrected chi connectivity index (χ2v) is 0.498. The van der Waals surface area contributed by atoms with E-state index in [1.807, 2.05) is 0 Å². The van der Waals surface area contributed by atoms with Gasteiger partial charge < -0.3 is 10.3 Å². The monoisotopic (exact) mass is 97.0 g/mol. The van der Waals surface area contributed by atoms with Gasteiger partial charge >= 0.3 is 29.6 Å². The molecule has 0 aliphatic rings. The summed E-state index contributed by atoms with van der Waals surface area (Å²) in [5, 5.41) is 0. The standard InChI is InChI=1S/C3H5O.Na.H2O/c1-2-3-4;;/h2H2,1H3;;1H2/q-1;+1;/p-1. The van der Waals surface area contributed by atoms with E-state index in [4.69, 9.17) is 4.79 Å². The van der Waals surface area contributed by atoms with E-state index in [1.165, 1.54) is 0 Å². The Balaban J connectivity index is -0.0000000450. The minimum Gasteiger partial charge on any atom is -0.870 e. The van der Waals surface area contributed by atoms with Crippen LogP contribution in [0, 0.1) is 0 Å². The maximum atomic E-state index is 9.05. The Morgan fingerprint density at radius 2 is 1.83 bits per heavy atom. The van der Waals surface area contributed by atoms with Crippen molar-refractivity contribution < 1.29 is 39.8 Å². The minimum absolute atomic E-state index is 0. The fourth-order valence-corrected chi connectivity index (χ4v) is 0. The molecule has 0 unspecified atom stereocenters. The maximum absolute atomic E-state index is 9.05. The smallest absolute Gasteiger partial charge is 0.870 e. The van der Waals surface area contributed by atoms with Crippen LogP contribution in [0.25, 0.3) is 0 Å². The molecule has 0 aromatic heterocycles. The quantitative estimate of drug-likeness (QED) is 0.265. The van der Waals surface area contributed by atoms with E-state index in [-0.39, 0.29) is 35.0 Å². The van der Waals surface area contributed by atoms with Gasteiger partial charge in [-0.25, -0.2) is 0 Å². The van der Waals surface area contributed by atoms with E-state index in [0.29, 0.717) is 6.42 Å². The molecule has 0 saturated heterocycles. The summed E-state index contributed by atoms with van der Waals surface area (Å²) in [6, 6.07) is 0. The van der Waals surface area contributed by atoms with Crippen LogP contribution < -0.4 is 29.6 Å². The molecule has 0 aliphatic heterocycles. The molecule has 0 aromatic rings. The van der Waals surface area contributed by atoms with E-state index in [0.717, 1.165) is 0 Å². The van der Waals surface area contributed by atoms with Crippen molar-refractivity contribution >= 4 is 6.29 Å². The zero-order valence-electron chi connectivity index (χ0n) is 4.06. The van der Waals surface area contributed by atoms with Crippen LogP contribution in [-0.2, 0) is 4.79 Å². The molecule has 0 saturated carbocycles. The summed E-state index contributed by atoms with van der Waals surface area (Å²) in [6.45, 7) is 1.76. The van der Waals surface area contributed by atoms with Crippen LogP contribution in [0.5, 0.6) is 0 Å². The van der Waals surface area contributed by atoms with Gasteiger partial charge in [0.1, 0.15) is 0 Å². The Morgan fingerprint density at radius 1 is 1.67 bits per heavy atom. The number of rotatable bonds is 1. The van der Waals surface area contributed by atoms with Crippen molar-refractivity contribution in [3.05, 3.63) is 0 Å². The Bertz CT molecular complexity index is 22.8. The molecule has 2 nitrogen and oxygen atoms in total. The van der Waals surface area contributed by atoms with E-state index in [9.17, 15) is 0 Å². The summed E-state index contributed by atoms with van der Waals surface area (Å²) in [4.78, 5) is 9.05. The normalized spacial score (nSPS) is 4.17. The molecule has 6 heavy (non-hydrogen) atoms. The van der Waals surface area contributed by atoms with Gasteiger partial charge in [-0.05, 0) is 0 Å². The average Bonchev–Trinajstić information content (AvgIpc) is 1.37. The van der Waals surface area contributed by atoms with Gasteiger partial charge in [0.25, 0.3) is 0 Å². The van der Waals surface area contributed by atoms with E-state index in [1.54, 1.807) is 13.2 Å². The van der Waals surface area contributed by atoms with Crippen molar-refractivity contribution in [2.45, 2.75) is 13.3 Å². The number of hydrogen-bond acceptors (Lipinski definition) is 2. The molecular formula is C3H6NaO2-. The summed E-state index contributed by atoms with van der Waals surface area (Å²) in [5.74, 6) is 0. The van der Waals surface area contributed by atoms with Gasteiger partial charge in [0.05, 0.1) is 0 Å². The van der Waals surface area contributed by atoms with E-state index in [2.05, 4.69) is 0 Å². The number of hydrogen-bond donors (Lipinski definition) is 0. The Hall–Kier alpha value is 0.630. The van der Waals surface area contributed by atoms with E-state index >= 15 is 0 Å². The predicted octanol–water partition coefficient (Wildman–Crippen LogP) is -2.67. The van der Waals surface area contributed by atoms with Crippen molar-refractivity contribution in [3.8, 4) is 0 Å². The summed E-state index contributed by atoms with van der Waals surface area (Å²) >= 11 is 0. The molecule has 0 radical (unpaired) electrons. The molecule has 0 bridgehead atoms. The third kappa shape index (κ3) is 23.0. The molecule has 0 fully saturated rings. The second-order valence-electron chi connectivity index (χ2n) is 0.498. The molecular weight excluding hydrogens is 91.0 g/mol. The molecule has 0 spiro atoms. The van der Waals surface area contributed by atoms with Crippen LogP contribution in [0.15, 0.2) is 0 Å². The summed E-state index contributed by atoms with van der Waals surface area (Å²) < 4.78 is 0. The van der Waals surface area contributed by atoms with Crippen LogP contribution in [0.3, 0.4) is 0 Å². The van der Waals surface area contributed by atoms with Gasteiger partial charge in [0.2, 0.25) is 0 Å². The molecule has 0 aromatic carbocycles. The van der Waals surface area contributed by atoms with Gasteiger partial charge in [-0.15, -0.1) is 0 Å². The topological polar surface area (TPSA) is 47.1 Å². The second kappa shape index (κ2) is 17.4. The summed E-state index contributed by atoms with van der Waals surface area (Å²) in [5.41, 5.74) is 0. The van der Waals surface area contributed by atoms with Crippen LogP contribution in [0.2, 0.25) is 0 Å². The van der Waals surface area contributed by atoms with Crippen LogP contribution in [-0.4, -0.2) is 11.8 Å². The third-order valence-corrected chi connectivity index (χ3v) is 0.144. The molecule has 3 heteroatoms. The molecule has 0 aliphatic carbocycles. The van der Waals surface area contributed by atoms with Crippen molar-refractivity contribution in [2.75, 3.05) is 0 Å². The first kappa shape index (κ1) is 15.9. The molecule has 0 atom stereocenters. The fraction of sp³-hybridized carbons (Fsp3) is 0.667. The average molecular weight is 97.1 g/mol. The first-order valence-electron chi connectivity index (χ1n) is 1.26. The summed E-state index contributed by atoms with van der Waals surface area (Å²) in [7, 11) is 0. The third-order valence-electron chi connectivity index (χ3n) is 0.144. The first-order chi connectivity index (χ1) is 1.91. The van der Waals surface area contributed by atoms with Gasteiger partial charge in [-0.3, -0.25) is 6.29 Å². The van der Waals surface area contributed by atoms with Gasteiger partial charge in [-0.2, -0.15) is 6.42 Å². The zero-order chi connectivity index (χ0) is 3.41. The Morgan fingerprint density at radius 3 is 1.83 bits per heavy atom. The van der Waals surface area contributed by atoms with Crippen LogP contribution in [0.4, 0.5) is 0 Å². The van der Waals surface area contributed by atoms with E-state index < -0.39 is 0 Å². The van der Waals surface area contributed by atoms with Crippen molar-refractivity contribution in [2.24, 2.45) is 0 Å². The SMILES string of the molecule is CC[C-]=O.[Na+].[OH-]. The molecule has 0 heterocycles. The molecule has 0 rings (SSSR count). The fourth-order valence-electron chi connectivity index (χ4n) is 0. The first-order valence-corrected chi connectivity index (χ1v) is 1.26. The largest absolute Gasteiger partial charge is 1.00 e.